The van der Waals surface area contributed by atoms with Crippen molar-refractivity contribution in [2.24, 2.45) is 0 Å². The third kappa shape index (κ3) is 3.17. The lowest BCUT2D eigenvalue weighted by Crippen LogP contribution is -2.03. The molecule has 1 aromatic carbocycles. The molecule has 4 N–H and O–H groups in total. The minimum atomic E-state index is 0.231. The molecule has 0 fully saturated rings. The summed E-state index contributed by atoms with van der Waals surface area (Å²) < 4.78 is 0. The van der Waals surface area contributed by atoms with Crippen molar-refractivity contribution in [2.75, 3.05) is 11.5 Å². The topological polar surface area (TPSA) is 77.8 Å². The number of anilines is 2. The van der Waals surface area contributed by atoms with Gasteiger partial charge in [0.25, 0.3) is 0 Å². The van der Waals surface area contributed by atoms with Crippen LogP contribution in [0.4, 0.5) is 11.8 Å². The number of rotatable bonds is 4. The molecule has 2 rings (SSSR count). The van der Waals surface area contributed by atoms with Gasteiger partial charge in [-0.05, 0) is 24.8 Å². The minimum absolute atomic E-state index is 0.231. The lowest BCUT2D eigenvalue weighted by atomic mass is 10.1. The number of benzene rings is 1. The summed E-state index contributed by atoms with van der Waals surface area (Å²) in [7, 11) is 0. The number of nitrogens with zero attached hydrogens (tertiary/aromatic N) is 2. The molecule has 0 saturated heterocycles. The second-order valence-electron chi connectivity index (χ2n) is 3.98. The van der Waals surface area contributed by atoms with Gasteiger partial charge in [-0.15, -0.1) is 0 Å². The van der Waals surface area contributed by atoms with Crippen molar-refractivity contribution >= 4 is 11.8 Å². The molecule has 0 aliphatic carbocycles. The largest absolute Gasteiger partial charge is 0.383 e. The highest BCUT2D eigenvalue weighted by atomic mass is 15.0. The van der Waals surface area contributed by atoms with E-state index in [0.29, 0.717) is 5.82 Å². The van der Waals surface area contributed by atoms with Crippen molar-refractivity contribution in [1.82, 2.24) is 9.97 Å². The highest BCUT2D eigenvalue weighted by molar-refractivity contribution is 5.41. The molecule has 88 valence electrons. The number of hydrogen-bond acceptors (Lipinski definition) is 4. The van der Waals surface area contributed by atoms with Crippen LogP contribution < -0.4 is 11.5 Å². The highest BCUT2D eigenvalue weighted by Crippen LogP contribution is 2.12. The molecule has 0 aliphatic heterocycles. The van der Waals surface area contributed by atoms with Crippen molar-refractivity contribution in [3.05, 3.63) is 47.7 Å². The van der Waals surface area contributed by atoms with E-state index >= 15 is 0 Å². The van der Waals surface area contributed by atoms with Crippen LogP contribution >= 0.6 is 0 Å². The lowest BCUT2D eigenvalue weighted by Gasteiger charge is -2.05. The number of nitrogen functional groups attached to an aromatic ring is 2. The van der Waals surface area contributed by atoms with Crippen molar-refractivity contribution < 1.29 is 0 Å². The Kier molecular flexibility index (Phi) is 3.55. The van der Waals surface area contributed by atoms with E-state index in [1.807, 2.05) is 6.07 Å². The molecule has 0 spiro atoms. The fraction of sp³-hybridized carbons (Fsp3) is 0.231. The molecule has 2 aromatic rings. The minimum Gasteiger partial charge on any atom is -0.383 e. The summed E-state index contributed by atoms with van der Waals surface area (Å²) in [6.07, 6.45) is 4.65. The van der Waals surface area contributed by atoms with E-state index in [-0.39, 0.29) is 5.95 Å². The lowest BCUT2D eigenvalue weighted by molar-refractivity contribution is 0.815. The smallest absolute Gasteiger partial charge is 0.221 e. The molecule has 0 atom stereocenters. The van der Waals surface area contributed by atoms with Crippen LogP contribution in [0.3, 0.4) is 0 Å². The van der Waals surface area contributed by atoms with Crippen LogP contribution in [-0.2, 0) is 12.8 Å². The zero-order valence-corrected chi connectivity index (χ0v) is 9.63. The van der Waals surface area contributed by atoms with Crippen molar-refractivity contribution in [1.29, 1.82) is 0 Å². The first kappa shape index (κ1) is 11.4. The van der Waals surface area contributed by atoms with Gasteiger partial charge in [0.2, 0.25) is 5.95 Å². The third-order valence-corrected chi connectivity index (χ3v) is 2.67. The first-order valence-corrected chi connectivity index (χ1v) is 5.66. The second kappa shape index (κ2) is 5.30. The molecule has 4 heteroatoms. The molecule has 0 amide bonds. The molecule has 1 aromatic heterocycles. The summed E-state index contributed by atoms with van der Waals surface area (Å²) in [5, 5.41) is 0. The average molecular weight is 228 g/mol. The van der Waals surface area contributed by atoms with Crippen molar-refractivity contribution in [2.45, 2.75) is 19.3 Å². The molecule has 1 heterocycles. The van der Waals surface area contributed by atoms with E-state index < -0.39 is 0 Å². The SMILES string of the molecule is Nc1ncc(CCCc2ccccc2)c(N)n1. The maximum Gasteiger partial charge on any atom is 0.221 e. The molecular formula is C13H16N4. The molecule has 0 bridgehead atoms. The highest BCUT2D eigenvalue weighted by Gasteiger charge is 2.02. The molecule has 0 radical (unpaired) electrons. The Morgan fingerprint density at radius 3 is 2.47 bits per heavy atom. The van der Waals surface area contributed by atoms with Gasteiger partial charge in [-0.2, -0.15) is 4.98 Å². The molecule has 17 heavy (non-hydrogen) atoms. The van der Waals surface area contributed by atoms with Crippen LogP contribution in [0.5, 0.6) is 0 Å². The Hall–Kier alpha value is -2.10. The third-order valence-electron chi connectivity index (χ3n) is 2.67. The summed E-state index contributed by atoms with van der Waals surface area (Å²) in [5.74, 6) is 0.722. The monoisotopic (exact) mass is 228 g/mol. The van der Waals surface area contributed by atoms with Gasteiger partial charge in [-0.1, -0.05) is 30.3 Å². The summed E-state index contributed by atoms with van der Waals surface area (Å²) in [6.45, 7) is 0. The van der Waals surface area contributed by atoms with Crippen LogP contribution in [0, 0.1) is 0 Å². The molecule has 0 unspecified atom stereocenters. The first-order valence-electron chi connectivity index (χ1n) is 5.66. The van der Waals surface area contributed by atoms with E-state index in [2.05, 4.69) is 34.2 Å². The maximum absolute atomic E-state index is 5.77. The molecule has 4 nitrogen and oxygen atoms in total. The maximum atomic E-state index is 5.77. The second-order valence-corrected chi connectivity index (χ2v) is 3.98. The van der Waals surface area contributed by atoms with Crippen LogP contribution in [0.25, 0.3) is 0 Å². The summed E-state index contributed by atoms with van der Waals surface area (Å²) in [6, 6.07) is 10.4. The van der Waals surface area contributed by atoms with Gasteiger partial charge >= 0.3 is 0 Å². The van der Waals surface area contributed by atoms with E-state index in [4.69, 9.17) is 11.5 Å². The van der Waals surface area contributed by atoms with Crippen LogP contribution in [0.15, 0.2) is 36.5 Å². The van der Waals surface area contributed by atoms with Gasteiger partial charge < -0.3 is 11.5 Å². The predicted molar refractivity (Wildman–Crippen MR) is 69.3 cm³/mol. The van der Waals surface area contributed by atoms with Crippen molar-refractivity contribution in [3.8, 4) is 0 Å². The van der Waals surface area contributed by atoms with Crippen LogP contribution in [-0.4, -0.2) is 9.97 Å². The van der Waals surface area contributed by atoms with Gasteiger partial charge in [0.15, 0.2) is 0 Å². The van der Waals surface area contributed by atoms with Gasteiger partial charge in [0.05, 0.1) is 0 Å². The van der Waals surface area contributed by atoms with Gasteiger partial charge in [-0.3, -0.25) is 0 Å². The van der Waals surface area contributed by atoms with Crippen molar-refractivity contribution in [3.63, 3.8) is 0 Å². The van der Waals surface area contributed by atoms with Gasteiger partial charge in [-0.25, -0.2) is 4.98 Å². The Bertz CT molecular complexity index is 482. The Morgan fingerprint density at radius 2 is 1.76 bits per heavy atom. The summed E-state index contributed by atoms with van der Waals surface area (Å²) >= 11 is 0. The zero-order chi connectivity index (χ0) is 12.1. The number of hydrogen-bond donors (Lipinski definition) is 2. The van der Waals surface area contributed by atoms with Gasteiger partial charge in [0.1, 0.15) is 5.82 Å². The average Bonchev–Trinajstić information content (AvgIpc) is 2.33. The summed E-state index contributed by atoms with van der Waals surface area (Å²) in [4.78, 5) is 7.90. The molecule has 0 aliphatic rings. The Morgan fingerprint density at radius 1 is 1.00 bits per heavy atom. The number of aryl methyl sites for hydroxylation is 2. The normalized spacial score (nSPS) is 10.4. The predicted octanol–water partition coefficient (Wildman–Crippen LogP) is 1.82. The van der Waals surface area contributed by atoms with E-state index in [1.54, 1.807) is 6.20 Å². The Labute approximate surface area is 101 Å². The Balaban J connectivity index is 1.90. The fourth-order valence-corrected chi connectivity index (χ4v) is 1.75. The quantitative estimate of drug-likeness (QED) is 0.836. The summed E-state index contributed by atoms with van der Waals surface area (Å²) in [5.41, 5.74) is 13.5. The first-order chi connectivity index (χ1) is 8.25. The van der Waals surface area contributed by atoms with E-state index in [9.17, 15) is 0 Å². The molecule has 0 saturated carbocycles. The van der Waals surface area contributed by atoms with Crippen LogP contribution in [0.1, 0.15) is 17.5 Å². The number of nitrogens with two attached hydrogens (primary N) is 2. The van der Waals surface area contributed by atoms with Crippen LogP contribution in [0.2, 0.25) is 0 Å². The molecular weight excluding hydrogens is 212 g/mol. The van der Waals surface area contributed by atoms with E-state index in [0.717, 1.165) is 24.8 Å². The standard InChI is InChI=1S/C13H16N4/c14-12-11(9-16-13(15)17-12)8-4-7-10-5-2-1-3-6-10/h1-3,5-6,9H,4,7-8H2,(H4,14,15,16,17). The fourth-order valence-electron chi connectivity index (χ4n) is 1.75. The van der Waals surface area contributed by atoms with Gasteiger partial charge in [0, 0.05) is 11.8 Å². The number of aromatic nitrogens is 2. The van der Waals surface area contributed by atoms with E-state index in [1.165, 1.54) is 5.56 Å². The zero-order valence-electron chi connectivity index (χ0n) is 9.63.